The Balaban J connectivity index is 1.93. The van der Waals surface area contributed by atoms with Gasteiger partial charge >= 0.3 is 0 Å². The van der Waals surface area contributed by atoms with Crippen molar-refractivity contribution in [1.29, 1.82) is 0 Å². The van der Waals surface area contributed by atoms with Crippen LogP contribution in [0.4, 0.5) is 5.95 Å². The number of rotatable bonds is 4. The van der Waals surface area contributed by atoms with E-state index < -0.39 is 0 Å². The van der Waals surface area contributed by atoms with E-state index in [1.165, 1.54) is 5.56 Å². The smallest absolute Gasteiger partial charge is 0.201 e. The molecule has 6 nitrogen and oxygen atoms in total. The van der Waals surface area contributed by atoms with Crippen LogP contribution in [0.1, 0.15) is 5.56 Å². The fourth-order valence-corrected chi connectivity index (χ4v) is 2.38. The lowest BCUT2D eigenvalue weighted by Crippen LogP contribution is -2.05. The Morgan fingerprint density at radius 3 is 2.90 bits per heavy atom. The second kappa shape index (κ2) is 4.88. The van der Waals surface area contributed by atoms with Crippen LogP contribution in [0.15, 0.2) is 30.6 Å². The van der Waals surface area contributed by atoms with Crippen molar-refractivity contribution < 1.29 is 4.74 Å². The molecule has 0 atom stereocenters. The molecule has 0 unspecified atom stereocenters. The summed E-state index contributed by atoms with van der Waals surface area (Å²) < 4.78 is 9.12. The molecule has 0 aliphatic rings. The van der Waals surface area contributed by atoms with Gasteiger partial charge in [0.1, 0.15) is 11.3 Å². The second-order valence-electron chi connectivity index (χ2n) is 4.72. The molecule has 6 heteroatoms. The molecule has 2 aromatic heterocycles. The van der Waals surface area contributed by atoms with Crippen molar-refractivity contribution in [2.24, 2.45) is 7.05 Å². The van der Waals surface area contributed by atoms with Crippen molar-refractivity contribution in [3.05, 3.63) is 36.2 Å². The molecule has 0 amide bonds. The van der Waals surface area contributed by atoms with Crippen LogP contribution in [-0.2, 0) is 20.0 Å². The van der Waals surface area contributed by atoms with Gasteiger partial charge in [-0.15, -0.1) is 0 Å². The number of fused-ring (bicyclic) bond motifs is 1. The fourth-order valence-electron chi connectivity index (χ4n) is 2.38. The van der Waals surface area contributed by atoms with E-state index in [9.17, 15) is 0 Å². The van der Waals surface area contributed by atoms with E-state index >= 15 is 0 Å². The minimum Gasteiger partial charge on any atom is -0.494 e. The summed E-state index contributed by atoms with van der Waals surface area (Å²) in [6, 6.07) is 5.84. The first-order valence-electron chi connectivity index (χ1n) is 6.45. The number of aromatic nitrogens is 4. The van der Waals surface area contributed by atoms with Gasteiger partial charge in [-0.1, -0.05) is 6.07 Å². The summed E-state index contributed by atoms with van der Waals surface area (Å²) in [7, 11) is 3.55. The van der Waals surface area contributed by atoms with Crippen molar-refractivity contribution in [1.82, 2.24) is 19.3 Å². The maximum atomic E-state index is 6.02. The first-order valence-corrected chi connectivity index (χ1v) is 6.45. The van der Waals surface area contributed by atoms with Gasteiger partial charge in [0.05, 0.1) is 18.8 Å². The molecule has 0 fully saturated rings. The number of nitrogens with zero attached hydrogens (tertiary/aromatic N) is 4. The van der Waals surface area contributed by atoms with Crippen molar-refractivity contribution in [3.8, 4) is 5.75 Å². The number of anilines is 1. The number of aryl methyl sites for hydroxylation is 3. The van der Waals surface area contributed by atoms with E-state index in [2.05, 4.69) is 10.1 Å². The third kappa shape index (κ3) is 2.09. The van der Waals surface area contributed by atoms with E-state index in [0.29, 0.717) is 5.95 Å². The largest absolute Gasteiger partial charge is 0.494 e. The molecule has 0 saturated carbocycles. The van der Waals surface area contributed by atoms with Crippen LogP contribution in [0, 0.1) is 0 Å². The van der Waals surface area contributed by atoms with Gasteiger partial charge < -0.3 is 15.0 Å². The number of hydrogen-bond acceptors (Lipinski definition) is 4. The van der Waals surface area contributed by atoms with Crippen LogP contribution >= 0.6 is 0 Å². The molecule has 0 bridgehead atoms. The first-order chi connectivity index (χ1) is 9.69. The summed E-state index contributed by atoms with van der Waals surface area (Å²) in [6.07, 6.45) is 4.74. The van der Waals surface area contributed by atoms with Crippen LogP contribution in [0.5, 0.6) is 5.75 Å². The lowest BCUT2D eigenvalue weighted by atomic mass is 10.2. The van der Waals surface area contributed by atoms with Gasteiger partial charge in [-0.2, -0.15) is 5.10 Å². The molecule has 2 heterocycles. The average molecular weight is 271 g/mol. The predicted octanol–water partition coefficient (Wildman–Crippen LogP) is 1.60. The predicted molar refractivity (Wildman–Crippen MR) is 77.6 cm³/mol. The minimum atomic E-state index is 0.508. The molecule has 0 aliphatic heterocycles. The van der Waals surface area contributed by atoms with Crippen molar-refractivity contribution in [2.75, 3.05) is 12.8 Å². The summed E-state index contributed by atoms with van der Waals surface area (Å²) >= 11 is 0. The van der Waals surface area contributed by atoms with Crippen molar-refractivity contribution >= 4 is 17.0 Å². The maximum absolute atomic E-state index is 6.02. The second-order valence-corrected chi connectivity index (χ2v) is 4.72. The molecule has 0 spiro atoms. The molecule has 0 saturated heterocycles. The Bertz CT molecular complexity index is 743. The van der Waals surface area contributed by atoms with Crippen LogP contribution in [0.2, 0.25) is 0 Å². The van der Waals surface area contributed by atoms with Gasteiger partial charge in [-0.3, -0.25) is 4.68 Å². The van der Waals surface area contributed by atoms with Gasteiger partial charge in [0.25, 0.3) is 0 Å². The zero-order valence-corrected chi connectivity index (χ0v) is 11.6. The molecular formula is C14H17N5O. The van der Waals surface area contributed by atoms with Gasteiger partial charge in [0, 0.05) is 19.8 Å². The maximum Gasteiger partial charge on any atom is 0.201 e. The summed E-state index contributed by atoms with van der Waals surface area (Å²) in [4.78, 5) is 4.40. The van der Waals surface area contributed by atoms with Crippen LogP contribution in [-0.4, -0.2) is 26.4 Å². The number of para-hydroxylation sites is 1. The van der Waals surface area contributed by atoms with E-state index in [0.717, 1.165) is 29.7 Å². The Morgan fingerprint density at radius 2 is 2.20 bits per heavy atom. The lowest BCUT2D eigenvalue weighted by Gasteiger charge is -2.05. The van der Waals surface area contributed by atoms with E-state index in [1.54, 1.807) is 11.8 Å². The zero-order valence-electron chi connectivity index (χ0n) is 11.6. The number of methoxy groups -OCH3 is 1. The van der Waals surface area contributed by atoms with Gasteiger partial charge in [0.2, 0.25) is 5.95 Å². The molecule has 20 heavy (non-hydrogen) atoms. The van der Waals surface area contributed by atoms with Gasteiger partial charge in [-0.25, -0.2) is 4.98 Å². The molecule has 0 radical (unpaired) electrons. The van der Waals surface area contributed by atoms with E-state index in [-0.39, 0.29) is 0 Å². The fraction of sp³-hybridized carbons (Fsp3) is 0.286. The number of nitrogens with two attached hydrogens (primary N) is 1. The van der Waals surface area contributed by atoms with Crippen LogP contribution in [0.25, 0.3) is 11.0 Å². The Morgan fingerprint density at radius 1 is 1.35 bits per heavy atom. The Kier molecular flexibility index (Phi) is 3.06. The lowest BCUT2D eigenvalue weighted by molar-refractivity contribution is 0.419. The minimum absolute atomic E-state index is 0.508. The summed E-state index contributed by atoms with van der Waals surface area (Å²) in [5, 5.41) is 4.17. The Hall–Kier alpha value is -2.50. The molecular weight excluding hydrogens is 254 g/mol. The highest BCUT2D eigenvalue weighted by Crippen LogP contribution is 2.26. The van der Waals surface area contributed by atoms with Gasteiger partial charge in [0.15, 0.2) is 0 Å². The normalized spacial score (nSPS) is 11.1. The zero-order chi connectivity index (χ0) is 14.1. The highest BCUT2D eigenvalue weighted by Gasteiger charge is 2.11. The van der Waals surface area contributed by atoms with Gasteiger partial charge in [-0.05, 0) is 24.1 Å². The molecule has 3 rings (SSSR count). The monoisotopic (exact) mass is 271 g/mol. The highest BCUT2D eigenvalue weighted by molar-refractivity contribution is 5.84. The third-order valence-corrected chi connectivity index (χ3v) is 3.37. The van der Waals surface area contributed by atoms with Crippen molar-refractivity contribution in [3.63, 3.8) is 0 Å². The molecule has 2 N–H and O–H groups in total. The summed E-state index contributed by atoms with van der Waals surface area (Å²) in [5.74, 6) is 1.25. The topological polar surface area (TPSA) is 70.9 Å². The SMILES string of the molecule is COc1cccc2c1nc(N)n2CCc1cnn(C)c1. The number of hydrogen-bond donors (Lipinski definition) is 1. The molecule has 1 aromatic carbocycles. The molecule has 0 aliphatic carbocycles. The van der Waals surface area contributed by atoms with Crippen LogP contribution in [0.3, 0.4) is 0 Å². The summed E-state index contributed by atoms with van der Waals surface area (Å²) in [6.45, 7) is 0.765. The highest BCUT2D eigenvalue weighted by atomic mass is 16.5. The quantitative estimate of drug-likeness (QED) is 0.782. The van der Waals surface area contributed by atoms with Crippen LogP contribution < -0.4 is 10.5 Å². The number of benzene rings is 1. The number of ether oxygens (including phenoxy) is 1. The first kappa shape index (κ1) is 12.5. The van der Waals surface area contributed by atoms with E-state index in [4.69, 9.17) is 10.5 Å². The number of imidazole rings is 1. The average Bonchev–Trinajstić information content (AvgIpc) is 2.99. The summed E-state index contributed by atoms with van der Waals surface area (Å²) in [5.41, 5.74) is 8.99. The molecule has 3 aromatic rings. The van der Waals surface area contributed by atoms with Crippen molar-refractivity contribution in [2.45, 2.75) is 13.0 Å². The standard InChI is InChI=1S/C14H17N5O/c1-18-9-10(8-16-18)6-7-19-11-4-3-5-12(20-2)13(11)17-14(19)15/h3-5,8-9H,6-7H2,1-2H3,(H2,15,17). The molecule has 104 valence electrons. The van der Waals surface area contributed by atoms with E-state index in [1.807, 2.05) is 42.2 Å². The Labute approximate surface area is 116 Å². The number of nitrogen functional groups attached to an aromatic ring is 1. The third-order valence-electron chi connectivity index (χ3n) is 3.37.